The van der Waals surface area contributed by atoms with Gasteiger partial charge in [0.05, 0.1) is 0 Å². The molecule has 0 saturated heterocycles. The molecular formula is C8H10O3S2. The van der Waals surface area contributed by atoms with Crippen molar-refractivity contribution in [1.82, 2.24) is 0 Å². The topological polar surface area (TPSA) is 51.2 Å². The second-order valence-electron chi connectivity index (χ2n) is 2.92. The van der Waals surface area contributed by atoms with Crippen LogP contribution in [0.2, 0.25) is 0 Å². The third-order valence-corrected chi connectivity index (χ3v) is 2.98. The van der Waals surface area contributed by atoms with E-state index < -0.39 is 9.84 Å². The summed E-state index contributed by atoms with van der Waals surface area (Å²) in [5.74, 6) is -0.607. The van der Waals surface area contributed by atoms with Gasteiger partial charge in [-0.25, -0.2) is 8.42 Å². The van der Waals surface area contributed by atoms with Crippen LogP contribution in [0.3, 0.4) is 0 Å². The molecule has 5 heteroatoms. The van der Waals surface area contributed by atoms with Crippen molar-refractivity contribution in [3.05, 3.63) is 22.4 Å². The van der Waals surface area contributed by atoms with Crippen LogP contribution in [0.5, 0.6) is 0 Å². The molecule has 1 aromatic heterocycles. The molecule has 0 atom stereocenters. The molecule has 1 aromatic rings. The van der Waals surface area contributed by atoms with E-state index in [-0.39, 0.29) is 18.0 Å². The maximum absolute atomic E-state index is 11.2. The molecule has 1 rings (SSSR count). The molecule has 3 nitrogen and oxygen atoms in total. The van der Waals surface area contributed by atoms with Gasteiger partial charge >= 0.3 is 0 Å². The van der Waals surface area contributed by atoms with Gasteiger partial charge in [0.1, 0.15) is 5.75 Å². The molecule has 0 unspecified atom stereocenters. The van der Waals surface area contributed by atoms with E-state index in [0.717, 1.165) is 11.8 Å². The van der Waals surface area contributed by atoms with Gasteiger partial charge < -0.3 is 0 Å². The molecule has 72 valence electrons. The molecule has 13 heavy (non-hydrogen) atoms. The van der Waals surface area contributed by atoms with E-state index in [9.17, 15) is 13.2 Å². The zero-order valence-electron chi connectivity index (χ0n) is 7.19. The van der Waals surface area contributed by atoms with Gasteiger partial charge in [-0.05, 0) is 22.4 Å². The Morgan fingerprint density at radius 2 is 2.23 bits per heavy atom. The van der Waals surface area contributed by atoms with Crippen molar-refractivity contribution >= 4 is 27.0 Å². The highest BCUT2D eigenvalue weighted by molar-refractivity contribution is 7.91. The summed E-state index contributed by atoms with van der Waals surface area (Å²) in [7, 11) is -3.17. The second kappa shape index (κ2) is 4.02. The monoisotopic (exact) mass is 218 g/mol. The Balaban J connectivity index is 2.53. The summed E-state index contributed by atoms with van der Waals surface area (Å²) in [5, 5.41) is 3.71. The molecule has 0 radical (unpaired) electrons. The lowest BCUT2D eigenvalue weighted by Gasteiger charge is -1.96. The van der Waals surface area contributed by atoms with Gasteiger partial charge in [0.25, 0.3) is 0 Å². The lowest BCUT2D eigenvalue weighted by molar-refractivity contribution is -0.116. The summed E-state index contributed by atoms with van der Waals surface area (Å²) >= 11 is 1.50. The molecule has 0 saturated carbocycles. The van der Waals surface area contributed by atoms with Crippen molar-refractivity contribution in [2.75, 3.05) is 12.0 Å². The predicted molar refractivity (Wildman–Crippen MR) is 52.7 cm³/mol. The van der Waals surface area contributed by atoms with Crippen LogP contribution in [-0.2, 0) is 21.1 Å². The lowest BCUT2D eigenvalue weighted by atomic mass is 10.2. The number of rotatable bonds is 4. The number of sulfone groups is 1. The fourth-order valence-corrected chi connectivity index (χ4v) is 2.32. The van der Waals surface area contributed by atoms with Crippen LogP contribution in [-0.4, -0.2) is 26.2 Å². The Hall–Kier alpha value is -0.680. The molecule has 0 bridgehead atoms. The number of ketones is 1. The van der Waals surface area contributed by atoms with E-state index >= 15 is 0 Å². The summed E-state index contributed by atoms with van der Waals surface area (Å²) in [6, 6.07) is 1.82. The van der Waals surface area contributed by atoms with Crippen molar-refractivity contribution < 1.29 is 13.2 Å². The molecule has 0 N–H and O–H groups in total. The quantitative estimate of drug-likeness (QED) is 0.754. The summed E-state index contributed by atoms with van der Waals surface area (Å²) < 4.78 is 21.5. The highest BCUT2D eigenvalue weighted by atomic mass is 32.2. The molecule has 0 amide bonds. The largest absolute Gasteiger partial charge is 0.298 e. The fourth-order valence-electron chi connectivity index (χ4n) is 0.964. The van der Waals surface area contributed by atoms with Crippen LogP contribution in [0.25, 0.3) is 0 Å². The van der Waals surface area contributed by atoms with E-state index in [1.807, 2.05) is 16.8 Å². The Bertz CT molecular complexity index is 376. The van der Waals surface area contributed by atoms with E-state index in [2.05, 4.69) is 0 Å². The van der Waals surface area contributed by atoms with Crippen molar-refractivity contribution in [2.45, 2.75) is 6.42 Å². The highest BCUT2D eigenvalue weighted by Crippen LogP contribution is 2.07. The van der Waals surface area contributed by atoms with Gasteiger partial charge in [-0.3, -0.25) is 4.79 Å². The molecule has 0 aliphatic rings. The average molecular weight is 218 g/mol. The van der Waals surface area contributed by atoms with E-state index in [1.165, 1.54) is 11.3 Å². The van der Waals surface area contributed by atoms with E-state index in [0.29, 0.717) is 0 Å². The van der Waals surface area contributed by atoms with Crippen molar-refractivity contribution in [1.29, 1.82) is 0 Å². The van der Waals surface area contributed by atoms with Crippen LogP contribution in [0.4, 0.5) is 0 Å². The molecular weight excluding hydrogens is 208 g/mol. The minimum atomic E-state index is -3.17. The SMILES string of the molecule is CS(=O)(=O)CC(=O)Cc1ccsc1. The van der Waals surface area contributed by atoms with Crippen molar-refractivity contribution in [3.8, 4) is 0 Å². The number of carbonyl (C=O) groups excluding carboxylic acids is 1. The van der Waals surface area contributed by atoms with Crippen molar-refractivity contribution in [2.24, 2.45) is 0 Å². The van der Waals surface area contributed by atoms with Gasteiger partial charge in [0.15, 0.2) is 15.6 Å². The summed E-state index contributed by atoms with van der Waals surface area (Å²) in [6.45, 7) is 0. The van der Waals surface area contributed by atoms with Gasteiger partial charge in [-0.1, -0.05) is 0 Å². The molecule has 0 aromatic carbocycles. The van der Waals surface area contributed by atoms with Gasteiger partial charge in [0, 0.05) is 12.7 Å². The first-order valence-electron chi connectivity index (χ1n) is 3.68. The maximum atomic E-state index is 11.2. The van der Waals surface area contributed by atoms with E-state index in [1.54, 1.807) is 0 Å². The normalized spacial score (nSPS) is 11.5. The smallest absolute Gasteiger partial charge is 0.154 e. The number of hydrogen-bond acceptors (Lipinski definition) is 4. The summed E-state index contributed by atoms with van der Waals surface area (Å²) in [4.78, 5) is 11.2. The molecule has 1 heterocycles. The Labute approximate surface area is 81.3 Å². The molecule has 0 fully saturated rings. The van der Waals surface area contributed by atoms with E-state index in [4.69, 9.17) is 0 Å². The second-order valence-corrected chi connectivity index (χ2v) is 5.84. The number of Topliss-reactive ketones (excluding diaryl/α,β-unsaturated/α-hetero) is 1. The number of hydrogen-bond donors (Lipinski definition) is 0. The summed E-state index contributed by atoms with van der Waals surface area (Å²) in [6.07, 6.45) is 1.29. The minimum absolute atomic E-state index is 0.219. The molecule has 0 aliphatic carbocycles. The zero-order valence-corrected chi connectivity index (χ0v) is 8.82. The first-order valence-corrected chi connectivity index (χ1v) is 6.68. The standard InChI is InChI=1S/C8H10O3S2/c1-13(10,11)6-8(9)4-7-2-3-12-5-7/h2-3,5H,4,6H2,1H3. The lowest BCUT2D eigenvalue weighted by Crippen LogP contribution is -2.15. The number of thiophene rings is 1. The minimum Gasteiger partial charge on any atom is -0.298 e. The fraction of sp³-hybridized carbons (Fsp3) is 0.375. The molecule has 0 aliphatic heterocycles. The Kier molecular flexibility index (Phi) is 3.22. The van der Waals surface area contributed by atoms with Crippen LogP contribution in [0.15, 0.2) is 16.8 Å². The van der Waals surface area contributed by atoms with Crippen molar-refractivity contribution in [3.63, 3.8) is 0 Å². The number of carbonyl (C=O) groups is 1. The van der Waals surface area contributed by atoms with Gasteiger partial charge in [0.2, 0.25) is 0 Å². The van der Waals surface area contributed by atoms with Crippen LogP contribution < -0.4 is 0 Å². The predicted octanol–water partition coefficient (Wildman–Crippen LogP) is 0.904. The van der Waals surface area contributed by atoms with Crippen LogP contribution >= 0.6 is 11.3 Å². The first-order chi connectivity index (χ1) is 5.97. The van der Waals surface area contributed by atoms with Crippen LogP contribution in [0, 0.1) is 0 Å². The third-order valence-electron chi connectivity index (χ3n) is 1.40. The Morgan fingerprint density at radius 3 is 2.69 bits per heavy atom. The average Bonchev–Trinajstić information content (AvgIpc) is 2.34. The first kappa shape index (κ1) is 10.4. The molecule has 0 spiro atoms. The highest BCUT2D eigenvalue weighted by Gasteiger charge is 2.11. The zero-order chi connectivity index (χ0) is 9.90. The Morgan fingerprint density at radius 1 is 1.54 bits per heavy atom. The maximum Gasteiger partial charge on any atom is 0.154 e. The van der Waals surface area contributed by atoms with Gasteiger partial charge in [-0.2, -0.15) is 11.3 Å². The van der Waals surface area contributed by atoms with Crippen LogP contribution in [0.1, 0.15) is 5.56 Å². The third kappa shape index (κ3) is 4.19. The van der Waals surface area contributed by atoms with Gasteiger partial charge in [-0.15, -0.1) is 0 Å². The summed E-state index contributed by atoms with van der Waals surface area (Å²) in [5.41, 5.74) is 0.888.